The number of nitrogens with one attached hydrogen (secondary N) is 1. The second kappa shape index (κ2) is 28.1. The maximum Gasteiger partial charge on any atom is 0.304 e. The second-order valence-electron chi connectivity index (χ2n) is 8.40. The number of rotatable bonds is 24. The van der Waals surface area contributed by atoms with Gasteiger partial charge in [0.15, 0.2) is 0 Å². The van der Waals surface area contributed by atoms with Crippen molar-refractivity contribution in [2.75, 3.05) is 39.3 Å². The molecule has 0 saturated carbocycles. The number of carbonyl (C=O) groups is 1. The number of carboxylic acid groups (broad SMARTS) is 1. The number of hydrogen-bond acceptors (Lipinski definition) is 4. The minimum absolute atomic E-state index is 0. The number of unbranched alkanes of at least 4 members (excludes halogenated alkanes) is 12. The van der Waals surface area contributed by atoms with E-state index in [1.165, 1.54) is 89.9 Å². The van der Waals surface area contributed by atoms with Crippen molar-refractivity contribution in [3.8, 4) is 0 Å². The van der Waals surface area contributed by atoms with Crippen LogP contribution in [0.15, 0.2) is 12.2 Å². The summed E-state index contributed by atoms with van der Waals surface area (Å²) in [5, 5.41) is 21.2. The van der Waals surface area contributed by atoms with E-state index in [1.54, 1.807) is 0 Å². The summed E-state index contributed by atoms with van der Waals surface area (Å²) in [6, 6.07) is 0. The molecule has 0 heterocycles. The molecule has 31 heavy (non-hydrogen) atoms. The summed E-state index contributed by atoms with van der Waals surface area (Å²) in [5.74, 6) is -0.782. The summed E-state index contributed by atoms with van der Waals surface area (Å²) >= 11 is 0. The van der Waals surface area contributed by atoms with Crippen LogP contribution in [0, 0.1) is 0 Å². The summed E-state index contributed by atoms with van der Waals surface area (Å²) in [6.07, 6.45) is 23.5. The maximum atomic E-state index is 10.7. The number of aliphatic hydroxyl groups excluding tert-OH is 1. The molecule has 179 valence electrons. The van der Waals surface area contributed by atoms with E-state index in [4.69, 9.17) is 10.2 Å². The molecule has 0 atom stereocenters. The van der Waals surface area contributed by atoms with Crippen LogP contribution in [-0.2, 0) is 4.79 Å². The van der Waals surface area contributed by atoms with Crippen molar-refractivity contribution >= 4 is 35.5 Å². The molecule has 0 rings (SSSR count). The van der Waals surface area contributed by atoms with Crippen molar-refractivity contribution in [3.63, 3.8) is 0 Å². The first-order valence-corrected chi connectivity index (χ1v) is 12.6. The van der Waals surface area contributed by atoms with Crippen molar-refractivity contribution in [2.24, 2.45) is 0 Å². The van der Waals surface area contributed by atoms with E-state index in [2.05, 4.69) is 24.4 Å². The van der Waals surface area contributed by atoms with Crippen LogP contribution >= 0.6 is 0 Å². The SMILES string of the molecule is CCCCCCCC/C=C\CCCCCCCCNCCN(CCO)CCC(=O)O.[Na]. The minimum Gasteiger partial charge on any atom is -0.481 e. The van der Waals surface area contributed by atoms with Crippen LogP contribution in [0.2, 0.25) is 0 Å². The quantitative estimate of drug-likeness (QED) is 0.110. The number of aliphatic hydroxyl groups is 1. The average Bonchev–Trinajstić information content (AvgIpc) is 2.73. The number of aliphatic carboxylic acids is 1. The van der Waals surface area contributed by atoms with Crippen molar-refractivity contribution in [1.82, 2.24) is 10.2 Å². The van der Waals surface area contributed by atoms with Gasteiger partial charge >= 0.3 is 5.97 Å². The minimum atomic E-state index is -0.782. The third kappa shape index (κ3) is 28.1. The van der Waals surface area contributed by atoms with E-state index in [-0.39, 0.29) is 42.6 Å². The van der Waals surface area contributed by atoms with Crippen molar-refractivity contribution in [1.29, 1.82) is 0 Å². The Bertz CT molecular complexity index is 395. The molecule has 0 aliphatic heterocycles. The summed E-state index contributed by atoms with van der Waals surface area (Å²) in [5.41, 5.74) is 0. The Hall–Kier alpha value is 0.0900. The van der Waals surface area contributed by atoms with Gasteiger partial charge in [-0.05, 0) is 38.6 Å². The predicted octanol–water partition coefficient (Wildman–Crippen LogP) is 5.00. The Kier molecular flexibility index (Phi) is 30.2. The number of hydrogen-bond donors (Lipinski definition) is 3. The van der Waals surface area contributed by atoms with Gasteiger partial charge in [-0.2, -0.15) is 0 Å². The van der Waals surface area contributed by atoms with Gasteiger partial charge in [0.05, 0.1) is 13.0 Å². The molecule has 0 aliphatic carbocycles. The third-order valence-corrected chi connectivity index (χ3v) is 5.53. The Morgan fingerprint density at radius 3 is 1.87 bits per heavy atom. The van der Waals surface area contributed by atoms with Crippen molar-refractivity contribution < 1.29 is 15.0 Å². The molecule has 0 fully saturated rings. The molecule has 1 radical (unpaired) electrons. The van der Waals surface area contributed by atoms with Crippen LogP contribution in [0.3, 0.4) is 0 Å². The molecule has 6 heteroatoms. The normalized spacial score (nSPS) is 11.3. The van der Waals surface area contributed by atoms with Gasteiger partial charge in [0.25, 0.3) is 0 Å². The summed E-state index contributed by atoms with van der Waals surface area (Å²) in [6.45, 7) is 6.06. The molecule has 0 aromatic rings. The Morgan fingerprint density at radius 1 is 0.774 bits per heavy atom. The monoisotopic (exact) mass is 449 g/mol. The van der Waals surface area contributed by atoms with Gasteiger partial charge in [-0.15, -0.1) is 0 Å². The van der Waals surface area contributed by atoms with Crippen LogP contribution in [-0.4, -0.2) is 90.0 Å². The van der Waals surface area contributed by atoms with Crippen molar-refractivity contribution in [2.45, 2.75) is 103 Å². The number of allylic oxidation sites excluding steroid dienone is 2. The van der Waals surface area contributed by atoms with Crippen LogP contribution < -0.4 is 5.32 Å². The molecule has 0 saturated heterocycles. The zero-order valence-electron chi connectivity index (χ0n) is 20.8. The zero-order valence-corrected chi connectivity index (χ0v) is 22.8. The van der Waals surface area contributed by atoms with Gasteiger partial charge in [-0.25, -0.2) is 0 Å². The van der Waals surface area contributed by atoms with Gasteiger partial charge in [0, 0.05) is 55.7 Å². The number of carboxylic acids is 1. The third-order valence-electron chi connectivity index (χ3n) is 5.53. The van der Waals surface area contributed by atoms with Gasteiger partial charge in [0.1, 0.15) is 0 Å². The van der Waals surface area contributed by atoms with Crippen LogP contribution in [0.5, 0.6) is 0 Å². The predicted molar refractivity (Wildman–Crippen MR) is 134 cm³/mol. The first-order chi connectivity index (χ1) is 14.7. The molecule has 0 aromatic heterocycles. The molecule has 0 aromatic carbocycles. The fraction of sp³-hybridized carbons (Fsp3) is 0.880. The van der Waals surface area contributed by atoms with E-state index < -0.39 is 5.97 Å². The van der Waals surface area contributed by atoms with E-state index in [9.17, 15) is 4.79 Å². The molecule has 0 aliphatic rings. The molecule has 5 nitrogen and oxygen atoms in total. The molecule has 0 spiro atoms. The van der Waals surface area contributed by atoms with E-state index in [1.807, 2.05) is 4.90 Å². The fourth-order valence-electron chi connectivity index (χ4n) is 3.59. The first-order valence-electron chi connectivity index (χ1n) is 12.6. The molecular formula is C25H50N2NaO3. The van der Waals surface area contributed by atoms with Crippen LogP contribution in [0.25, 0.3) is 0 Å². The zero-order chi connectivity index (χ0) is 22.1. The molecular weight excluding hydrogens is 399 g/mol. The number of nitrogens with zero attached hydrogens (tertiary/aromatic N) is 1. The largest absolute Gasteiger partial charge is 0.481 e. The standard InChI is InChI=1S/C25H50N2O3.Na/c1-2-3-4-5-6-7-8-9-10-11-12-13-14-15-16-17-19-26-20-22-27(23-24-28)21-18-25(29)30;/h9-10,26,28H,2-8,11-24H2,1H3,(H,29,30);/b10-9-;. The maximum absolute atomic E-state index is 10.7. The van der Waals surface area contributed by atoms with Gasteiger partial charge in [0.2, 0.25) is 0 Å². The van der Waals surface area contributed by atoms with Crippen LogP contribution in [0.4, 0.5) is 0 Å². The van der Waals surface area contributed by atoms with E-state index in [0.717, 1.165) is 19.6 Å². The van der Waals surface area contributed by atoms with Crippen LogP contribution in [0.1, 0.15) is 103 Å². The molecule has 3 N–H and O–H groups in total. The van der Waals surface area contributed by atoms with Gasteiger partial charge < -0.3 is 15.5 Å². The molecule has 0 bridgehead atoms. The summed E-state index contributed by atoms with van der Waals surface area (Å²) in [7, 11) is 0. The van der Waals surface area contributed by atoms with Crippen molar-refractivity contribution in [3.05, 3.63) is 12.2 Å². The Balaban J connectivity index is 0. The summed E-state index contributed by atoms with van der Waals surface area (Å²) in [4.78, 5) is 12.7. The fourth-order valence-corrected chi connectivity index (χ4v) is 3.59. The Labute approximate surface area is 214 Å². The van der Waals surface area contributed by atoms with Gasteiger partial charge in [-0.3, -0.25) is 9.69 Å². The molecule has 0 amide bonds. The van der Waals surface area contributed by atoms with Gasteiger partial charge in [-0.1, -0.05) is 76.9 Å². The summed E-state index contributed by atoms with van der Waals surface area (Å²) < 4.78 is 0. The Morgan fingerprint density at radius 2 is 1.32 bits per heavy atom. The second-order valence-corrected chi connectivity index (χ2v) is 8.40. The van der Waals surface area contributed by atoms with E-state index in [0.29, 0.717) is 13.1 Å². The average molecular weight is 450 g/mol. The molecule has 0 unspecified atom stereocenters. The smallest absolute Gasteiger partial charge is 0.304 e. The van der Waals surface area contributed by atoms with E-state index >= 15 is 0 Å². The topological polar surface area (TPSA) is 72.8 Å². The first kappa shape index (κ1) is 33.3.